The van der Waals surface area contributed by atoms with Crippen molar-refractivity contribution >= 4 is 5.78 Å². The molecule has 0 saturated heterocycles. The molecule has 1 fully saturated rings. The lowest BCUT2D eigenvalue weighted by atomic mass is 10.1. The zero-order chi connectivity index (χ0) is 10.5. The van der Waals surface area contributed by atoms with Crippen molar-refractivity contribution in [3.05, 3.63) is 35.9 Å². The Balaban J connectivity index is 1.67. The van der Waals surface area contributed by atoms with Crippen molar-refractivity contribution in [3.8, 4) is 0 Å². The second-order valence-corrected chi connectivity index (χ2v) is 4.06. The first-order valence-electron chi connectivity index (χ1n) is 5.52. The van der Waals surface area contributed by atoms with Crippen LogP contribution in [0.4, 0.5) is 0 Å². The molecule has 0 atom stereocenters. The van der Waals surface area contributed by atoms with Crippen LogP contribution in [-0.2, 0) is 4.74 Å². The van der Waals surface area contributed by atoms with Crippen molar-refractivity contribution in [2.45, 2.75) is 19.3 Å². The SMILES string of the molecule is O=C(CCOCC1CC1)c1ccccc1. The highest BCUT2D eigenvalue weighted by Gasteiger charge is 2.21. The zero-order valence-corrected chi connectivity index (χ0v) is 8.82. The summed E-state index contributed by atoms with van der Waals surface area (Å²) in [5.41, 5.74) is 0.785. The largest absolute Gasteiger partial charge is 0.381 e. The number of ketones is 1. The van der Waals surface area contributed by atoms with E-state index in [9.17, 15) is 4.79 Å². The third-order valence-electron chi connectivity index (χ3n) is 2.62. The summed E-state index contributed by atoms with van der Waals surface area (Å²) in [6.07, 6.45) is 3.09. The van der Waals surface area contributed by atoms with E-state index in [-0.39, 0.29) is 5.78 Å². The van der Waals surface area contributed by atoms with Gasteiger partial charge in [0.25, 0.3) is 0 Å². The van der Waals surface area contributed by atoms with E-state index in [1.807, 2.05) is 30.3 Å². The number of hydrogen-bond acceptors (Lipinski definition) is 2. The Morgan fingerprint density at radius 1 is 1.27 bits per heavy atom. The summed E-state index contributed by atoms with van der Waals surface area (Å²) in [5.74, 6) is 0.947. The molecule has 2 heteroatoms. The Bertz CT molecular complexity index is 315. The van der Waals surface area contributed by atoms with Gasteiger partial charge in [0.05, 0.1) is 6.61 Å². The van der Waals surface area contributed by atoms with Crippen molar-refractivity contribution in [2.24, 2.45) is 5.92 Å². The van der Waals surface area contributed by atoms with E-state index in [2.05, 4.69) is 0 Å². The molecule has 0 amide bonds. The maximum absolute atomic E-state index is 11.6. The maximum Gasteiger partial charge on any atom is 0.165 e. The minimum atomic E-state index is 0.173. The second-order valence-electron chi connectivity index (χ2n) is 4.06. The van der Waals surface area contributed by atoms with E-state index in [1.165, 1.54) is 12.8 Å². The second kappa shape index (κ2) is 5.08. The van der Waals surface area contributed by atoms with Gasteiger partial charge in [0.15, 0.2) is 5.78 Å². The smallest absolute Gasteiger partial charge is 0.165 e. The van der Waals surface area contributed by atoms with Crippen molar-refractivity contribution < 1.29 is 9.53 Å². The molecule has 1 aromatic carbocycles. The summed E-state index contributed by atoms with van der Waals surface area (Å²) in [6, 6.07) is 9.39. The zero-order valence-electron chi connectivity index (χ0n) is 8.82. The Labute approximate surface area is 90.3 Å². The predicted octanol–water partition coefficient (Wildman–Crippen LogP) is 2.69. The van der Waals surface area contributed by atoms with Crippen LogP contribution in [0.25, 0.3) is 0 Å². The summed E-state index contributed by atoms with van der Waals surface area (Å²) in [5, 5.41) is 0. The molecule has 1 aromatic rings. The normalized spacial score (nSPS) is 15.2. The van der Waals surface area contributed by atoms with Gasteiger partial charge >= 0.3 is 0 Å². The lowest BCUT2D eigenvalue weighted by Crippen LogP contribution is -2.06. The van der Waals surface area contributed by atoms with Gasteiger partial charge in [-0.15, -0.1) is 0 Å². The van der Waals surface area contributed by atoms with E-state index in [1.54, 1.807) is 0 Å². The van der Waals surface area contributed by atoms with Crippen LogP contribution >= 0.6 is 0 Å². The number of Topliss-reactive ketones (excluding diaryl/α,β-unsaturated/α-hetero) is 1. The van der Waals surface area contributed by atoms with Gasteiger partial charge < -0.3 is 4.74 Å². The quantitative estimate of drug-likeness (QED) is 0.526. The van der Waals surface area contributed by atoms with Crippen molar-refractivity contribution in [1.29, 1.82) is 0 Å². The van der Waals surface area contributed by atoms with E-state index in [0.29, 0.717) is 13.0 Å². The Kier molecular flexibility index (Phi) is 3.51. The molecule has 80 valence electrons. The van der Waals surface area contributed by atoms with E-state index < -0.39 is 0 Å². The van der Waals surface area contributed by atoms with Gasteiger partial charge in [0.1, 0.15) is 0 Å². The molecule has 1 saturated carbocycles. The first-order valence-corrected chi connectivity index (χ1v) is 5.52. The maximum atomic E-state index is 11.6. The average Bonchev–Trinajstić information content (AvgIpc) is 3.09. The number of carbonyl (C=O) groups excluding carboxylic acids is 1. The van der Waals surface area contributed by atoms with Crippen molar-refractivity contribution in [3.63, 3.8) is 0 Å². The van der Waals surface area contributed by atoms with Crippen LogP contribution in [0.15, 0.2) is 30.3 Å². The highest BCUT2D eigenvalue weighted by Crippen LogP contribution is 2.28. The van der Waals surface area contributed by atoms with Gasteiger partial charge in [0, 0.05) is 18.6 Å². The lowest BCUT2D eigenvalue weighted by molar-refractivity contribution is 0.0860. The third kappa shape index (κ3) is 3.48. The lowest BCUT2D eigenvalue weighted by Gasteiger charge is -2.02. The highest BCUT2D eigenvalue weighted by molar-refractivity contribution is 5.96. The van der Waals surface area contributed by atoms with Crippen LogP contribution in [0.1, 0.15) is 29.6 Å². The molecule has 0 radical (unpaired) electrons. The molecule has 15 heavy (non-hydrogen) atoms. The molecule has 1 aliphatic carbocycles. The molecule has 2 nitrogen and oxygen atoms in total. The first-order chi connectivity index (χ1) is 7.36. The number of benzene rings is 1. The average molecular weight is 204 g/mol. The minimum Gasteiger partial charge on any atom is -0.381 e. The summed E-state index contributed by atoms with van der Waals surface area (Å²) >= 11 is 0. The molecule has 0 spiro atoms. The van der Waals surface area contributed by atoms with Gasteiger partial charge in [-0.05, 0) is 18.8 Å². The summed E-state index contributed by atoms with van der Waals surface area (Å²) in [7, 11) is 0. The molecular weight excluding hydrogens is 188 g/mol. The van der Waals surface area contributed by atoms with Crippen LogP contribution in [0, 0.1) is 5.92 Å². The van der Waals surface area contributed by atoms with Crippen molar-refractivity contribution in [2.75, 3.05) is 13.2 Å². The number of ether oxygens (including phenoxy) is 1. The molecule has 1 aliphatic rings. The fraction of sp³-hybridized carbons (Fsp3) is 0.462. The van der Waals surface area contributed by atoms with Crippen molar-refractivity contribution in [1.82, 2.24) is 0 Å². The monoisotopic (exact) mass is 204 g/mol. The number of carbonyl (C=O) groups is 1. The van der Waals surface area contributed by atoms with Gasteiger partial charge in [-0.2, -0.15) is 0 Å². The number of rotatable bonds is 6. The molecule has 0 unspecified atom stereocenters. The Morgan fingerprint density at radius 2 is 2.00 bits per heavy atom. The highest BCUT2D eigenvalue weighted by atomic mass is 16.5. The minimum absolute atomic E-state index is 0.173. The van der Waals surface area contributed by atoms with Gasteiger partial charge in [-0.1, -0.05) is 30.3 Å². The summed E-state index contributed by atoms with van der Waals surface area (Å²) in [6.45, 7) is 1.40. The summed E-state index contributed by atoms with van der Waals surface area (Å²) in [4.78, 5) is 11.6. The van der Waals surface area contributed by atoms with Crippen LogP contribution in [0.3, 0.4) is 0 Å². The first kappa shape index (κ1) is 10.4. The fourth-order valence-electron chi connectivity index (χ4n) is 1.47. The van der Waals surface area contributed by atoms with Gasteiger partial charge in [0.2, 0.25) is 0 Å². The summed E-state index contributed by atoms with van der Waals surface area (Å²) < 4.78 is 5.43. The predicted molar refractivity (Wildman–Crippen MR) is 58.9 cm³/mol. The van der Waals surface area contributed by atoms with Gasteiger partial charge in [-0.25, -0.2) is 0 Å². The molecule has 0 bridgehead atoms. The molecule has 0 aromatic heterocycles. The van der Waals surface area contributed by atoms with Crippen LogP contribution in [-0.4, -0.2) is 19.0 Å². The van der Waals surface area contributed by atoms with E-state index in [4.69, 9.17) is 4.74 Å². The molecule has 0 N–H and O–H groups in total. The molecular formula is C13H16O2. The van der Waals surface area contributed by atoms with Gasteiger partial charge in [-0.3, -0.25) is 4.79 Å². The molecule has 2 rings (SSSR count). The van der Waals surface area contributed by atoms with E-state index in [0.717, 1.165) is 18.1 Å². The fourth-order valence-corrected chi connectivity index (χ4v) is 1.47. The molecule has 0 aliphatic heterocycles. The number of hydrogen-bond donors (Lipinski definition) is 0. The van der Waals surface area contributed by atoms with Crippen LogP contribution < -0.4 is 0 Å². The Morgan fingerprint density at radius 3 is 2.67 bits per heavy atom. The topological polar surface area (TPSA) is 26.3 Å². The molecule has 0 heterocycles. The third-order valence-corrected chi connectivity index (χ3v) is 2.62. The standard InChI is InChI=1S/C13H16O2/c14-13(12-4-2-1-3-5-12)8-9-15-10-11-6-7-11/h1-5,11H,6-10H2. The van der Waals surface area contributed by atoms with Crippen LogP contribution in [0.2, 0.25) is 0 Å². The van der Waals surface area contributed by atoms with E-state index >= 15 is 0 Å². The Hall–Kier alpha value is -1.15. The van der Waals surface area contributed by atoms with Crippen LogP contribution in [0.5, 0.6) is 0 Å².